The van der Waals surface area contributed by atoms with Crippen molar-refractivity contribution in [1.29, 1.82) is 0 Å². The summed E-state index contributed by atoms with van der Waals surface area (Å²) in [7, 11) is 0. The quantitative estimate of drug-likeness (QED) is 0.618. The minimum atomic E-state index is -0.432. The molecule has 0 aliphatic rings. The Hall–Kier alpha value is -1.90. The van der Waals surface area contributed by atoms with Crippen molar-refractivity contribution in [2.75, 3.05) is 25.1 Å². The minimum Gasteiger partial charge on any atom is -0.395 e. The van der Waals surface area contributed by atoms with Crippen molar-refractivity contribution in [3.05, 3.63) is 29.6 Å². The number of carbonyl (C=O) groups excluding carboxylic acids is 1. The van der Waals surface area contributed by atoms with E-state index in [-0.39, 0.29) is 19.1 Å². The number of nitrogens with one attached hydrogen (secondary N) is 1. The summed E-state index contributed by atoms with van der Waals surface area (Å²) in [5.74, 6) is 4.68. The molecule has 1 amide bonds. The second kappa shape index (κ2) is 9.08. The second-order valence-corrected chi connectivity index (χ2v) is 4.07. The van der Waals surface area contributed by atoms with Crippen molar-refractivity contribution < 1.29 is 19.0 Å². The van der Waals surface area contributed by atoms with Crippen LogP contribution < -0.4 is 5.32 Å². The van der Waals surface area contributed by atoms with Crippen LogP contribution in [-0.4, -0.2) is 30.8 Å². The van der Waals surface area contributed by atoms with Crippen LogP contribution in [-0.2, 0) is 9.53 Å². The van der Waals surface area contributed by atoms with Gasteiger partial charge in [-0.05, 0) is 24.6 Å². The highest BCUT2D eigenvalue weighted by Crippen LogP contribution is 2.16. The van der Waals surface area contributed by atoms with Gasteiger partial charge in [-0.15, -0.1) is 0 Å². The smallest absolute Gasteiger partial charge is 0.250 e. The van der Waals surface area contributed by atoms with Gasteiger partial charge in [0.15, 0.2) is 0 Å². The first-order chi connectivity index (χ1) is 9.67. The van der Waals surface area contributed by atoms with Crippen molar-refractivity contribution >= 4 is 11.6 Å². The summed E-state index contributed by atoms with van der Waals surface area (Å²) in [4.78, 5) is 11.6. The first-order valence-corrected chi connectivity index (χ1v) is 6.44. The Bertz CT molecular complexity index is 506. The molecule has 0 aromatic heterocycles. The van der Waals surface area contributed by atoms with Gasteiger partial charge in [0.05, 0.1) is 17.9 Å². The standard InChI is InChI=1S/C15H18FNO3/c1-2-9-20-11-15(19)17-14-7-6-13(16)10-12(14)5-3-4-8-18/h6-7,10,18H,2,4,8-9,11H2,1H3,(H,17,19). The maximum atomic E-state index is 13.2. The van der Waals surface area contributed by atoms with E-state index in [0.717, 1.165) is 6.42 Å². The van der Waals surface area contributed by atoms with E-state index >= 15 is 0 Å². The van der Waals surface area contributed by atoms with Gasteiger partial charge in [-0.25, -0.2) is 4.39 Å². The number of aliphatic hydroxyl groups excluding tert-OH is 1. The minimum absolute atomic E-state index is 0.0469. The summed E-state index contributed by atoms with van der Waals surface area (Å²) in [6.45, 7) is 2.36. The van der Waals surface area contributed by atoms with E-state index in [1.807, 2.05) is 6.92 Å². The predicted molar refractivity (Wildman–Crippen MR) is 74.7 cm³/mol. The largest absolute Gasteiger partial charge is 0.395 e. The van der Waals surface area contributed by atoms with Crippen LogP contribution in [0, 0.1) is 17.7 Å². The van der Waals surface area contributed by atoms with Crippen LogP contribution in [0.5, 0.6) is 0 Å². The Morgan fingerprint density at radius 2 is 2.30 bits per heavy atom. The van der Waals surface area contributed by atoms with Crippen molar-refractivity contribution in [3.63, 3.8) is 0 Å². The Labute approximate surface area is 117 Å². The van der Waals surface area contributed by atoms with E-state index in [2.05, 4.69) is 17.2 Å². The number of ether oxygens (including phenoxy) is 1. The molecule has 0 heterocycles. The normalized spacial score (nSPS) is 9.75. The number of hydrogen-bond donors (Lipinski definition) is 2. The monoisotopic (exact) mass is 279 g/mol. The molecule has 1 rings (SSSR count). The van der Waals surface area contributed by atoms with Crippen LogP contribution in [0.4, 0.5) is 10.1 Å². The highest BCUT2D eigenvalue weighted by atomic mass is 19.1. The van der Waals surface area contributed by atoms with Gasteiger partial charge in [0.25, 0.3) is 0 Å². The molecule has 0 aliphatic heterocycles. The molecule has 0 unspecified atom stereocenters. The average Bonchev–Trinajstić information content (AvgIpc) is 2.42. The highest BCUT2D eigenvalue weighted by Gasteiger charge is 2.07. The Kier molecular flexibility index (Phi) is 7.33. The maximum Gasteiger partial charge on any atom is 0.250 e. The van der Waals surface area contributed by atoms with Gasteiger partial charge in [0.2, 0.25) is 5.91 Å². The zero-order valence-corrected chi connectivity index (χ0v) is 11.4. The number of anilines is 1. The number of aliphatic hydroxyl groups is 1. The van der Waals surface area contributed by atoms with Gasteiger partial charge in [-0.1, -0.05) is 18.8 Å². The van der Waals surface area contributed by atoms with Crippen LogP contribution in [0.1, 0.15) is 25.3 Å². The van der Waals surface area contributed by atoms with Crippen LogP contribution >= 0.6 is 0 Å². The summed E-state index contributed by atoms with van der Waals surface area (Å²) in [5.41, 5.74) is 0.809. The summed E-state index contributed by atoms with van der Waals surface area (Å²) in [6.07, 6.45) is 1.13. The van der Waals surface area contributed by atoms with E-state index in [1.165, 1.54) is 18.2 Å². The Morgan fingerprint density at radius 1 is 1.50 bits per heavy atom. The molecule has 0 saturated heterocycles. The fourth-order valence-electron chi connectivity index (χ4n) is 1.44. The molecule has 5 heteroatoms. The summed E-state index contributed by atoms with van der Waals surface area (Å²) >= 11 is 0. The molecule has 1 aromatic carbocycles. The molecule has 1 aromatic rings. The fraction of sp³-hybridized carbons (Fsp3) is 0.400. The van der Waals surface area contributed by atoms with E-state index in [9.17, 15) is 9.18 Å². The molecule has 4 nitrogen and oxygen atoms in total. The first-order valence-electron chi connectivity index (χ1n) is 6.44. The van der Waals surface area contributed by atoms with Gasteiger partial charge < -0.3 is 15.2 Å². The van der Waals surface area contributed by atoms with E-state index in [0.29, 0.717) is 24.3 Å². The number of benzene rings is 1. The number of rotatable bonds is 6. The van der Waals surface area contributed by atoms with Gasteiger partial charge in [-0.3, -0.25) is 4.79 Å². The van der Waals surface area contributed by atoms with Crippen molar-refractivity contribution in [2.24, 2.45) is 0 Å². The first kappa shape index (κ1) is 16.2. The van der Waals surface area contributed by atoms with Crippen LogP contribution in [0.2, 0.25) is 0 Å². The SMILES string of the molecule is CCCOCC(=O)Nc1ccc(F)cc1C#CCCO. The van der Waals surface area contributed by atoms with E-state index < -0.39 is 5.82 Å². The Morgan fingerprint density at radius 3 is 3.00 bits per heavy atom. The molecular weight excluding hydrogens is 261 g/mol. The second-order valence-electron chi connectivity index (χ2n) is 4.07. The third kappa shape index (κ3) is 5.83. The van der Waals surface area contributed by atoms with E-state index in [1.54, 1.807) is 0 Å². The fourth-order valence-corrected chi connectivity index (χ4v) is 1.44. The van der Waals surface area contributed by atoms with Crippen LogP contribution in [0.25, 0.3) is 0 Å². The van der Waals surface area contributed by atoms with Gasteiger partial charge >= 0.3 is 0 Å². The molecule has 0 aliphatic carbocycles. The van der Waals surface area contributed by atoms with Crippen molar-refractivity contribution in [1.82, 2.24) is 0 Å². The molecular formula is C15H18FNO3. The van der Waals surface area contributed by atoms with Crippen LogP contribution in [0.15, 0.2) is 18.2 Å². The molecule has 0 saturated carbocycles. The average molecular weight is 279 g/mol. The lowest BCUT2D eigenvalue weighted by Gasteiger charge is -2.08. The molecule has 20 heavy (non-hydrogen) atoms. The predicted octanol–water partition coefficient (Wildman–Crippen LogP) is 1.92. The summed E-state index contributed by atoms with van der Waals surface area (Å²) in [6, 6.07) is 3.95. The lowest BCUT2D eigenvalue weighted by Crippen LogP contribution is -2.19. The zero-order chi connectivity index (χ0) is 14.8. The van der Waals surface area contributed by atoms with Crippen molar-refractivity contribution in [2.45, 2.75) is 19.8 Å². The summed E-state index contributed by atoms with van der Waals surface area (Å²) in [5, 5.41) is 11.3. The van der Waals surface area contributed by atoms with Crippen LogP contribution in [0.3, 0.4) is 0 Å². The molecule has 0 atom stereocenters. The van der Waals surface area contributed by atoms with Crippen molar-refractivity contribution in [3.8, 4) is 11.8 Å². The van der Waals surface area contributed by atoms with E-state index in [4.69, 9.17) is 9.84 Å². The van der Waals surface area contributed by atoms with Gasteiger partial charge in [-0.2, -0.15) is 0 Å². The lowest BCUT2D eigenvalue weighted by atomic mass is 10.1. The number of amides is 1. The molecule has 0 bridgehead atoms. The molecule has 0 fully saturated rings. The topological polar surface area (TPSA) is 58.6 Å². The van der Waals surface area contributed by atoms with Gasteiger partial charge in [0, 0.05) is 13.0 Å². The summed E-state index contributed by atoms with van der Waals surface area (Å²) < 4.78 is 18.3. The number of carbonyl (C=O) groups is 1. The Balaban J connectivity index is 2.74. The third-order valence-corrected chi connectivity index (χ3v) is 2.30. The highest BCUT2D eigenvalue weighted by molar-refractivity contribution is 5.93. The lowest BCUT2D eigenvalue weighted by molar-refractivity contribution is -0.120. The molecule has 0 radical (unpaired) electrons. The zero-order valence-electron chi connectivity index (χ0n) is 11.4. The number of halogens is 1. The molecule has 108 valence electrons. The maximum absolute atomic E-state index is 13.2. The molecule has 0 spiro atoms. The third-order valence-electron chi connectivity index (χ3n) is 2.30. The molecule has 2 N–H and O–H groups in total. The van der Waals surface area contributed by atoms with Gasteiger partial charge in [0.1, 0.15) is 12.4 Å². The number of hydrogen-bond acceptors (Lipinski definition) is 3.